The van der Waals surface area contributed by atoms with Crippen molar-refractivity contribution in [1.82, 2.24) is 0 Å². The summed E-state index contributed by atoms with van der Waals surface area (Å²) >= 11 is 0. The molecule has 70 valence electrons. The second-order valence-corrected chi connectivity index (χ2v) is 3.95. The average Bonchev–Trinajstić information content (AvgIpc) is 2.04. The molecule has 0 aromatic carbocycles. The zero-order valence-corrected chi connectivity index (χ0v) is 7.88. The van der Waals surface area contributed by atoms with Crippen molar-refractivity contribution in [3.63, 3.8) is 0 Å². The highest BCUT2D eigenvalue weighted by atomic mass is 16.1. The van der Waals surface area contributed by atoms with E-state index >= 15 is 0 Å². The van der Waals surface area contributed by atoms with Gasteiger partial charge in [-0.25, -0.2) is 0 Å². The molecule has 1 saturated carbocycles. The minimum atomic E-state index is 0.320. The summed E-state index contributed by atoms with van der Waals surface area (Å²) in [6, 6.07) is 0. The molecule has 0 amide bonds. The van der Waals surface area contributed by atoms with Gasteiger partial charge in [-0.15, -0.1) is 0 Å². The van der Waals surface area contributed by atoms with E-state index in [1.165, 1.54) is 25.7 Å². The summed E-state index contributed by atoms with van der Waals surface area (Å²) in [6.45, 7) is 2.44. The second kappa shape index (κ2) is 4.61. The van der Waals surface area contributed by atoms with E-state index in [1.54, 1.807) is 6.92 Å². The molecule has 0 radical (unpaired) electrons. The normalized spacial score (nSPS) is 30.2. The van der Waals surface area contributed by atoms with Crippen molar-refractivity contribution < 1.29 is 4.79 Å². The van der Waals surface area contributed by atoms with Crippen LogP contribution in [0.2, 0.25) is 0 Å². The Hall–Kier alpha value is -0.370. The highest BCUT2D eigenvalue weighted by Gasteiger charge is 2.24. The molecule has 0 aliphatic heterocycles. The van der Waals surface area contributed by atoms with Crippen LogP contribution in [0.25, 0.3) is 0 Å². The van der Waals surface area contributed by atoms with E-state index in [0.29, 0.717) is 17.6 Å². The summed E-state index contributed by atoms with van der Waals surface area (Å²) in [5.74, 6) is 1.52. The van der Waals surface area contributed by atoms with E-state index in [1.807, 2.05) is 0 Å². The molecule has 1 rings (SSSR count). The lowest BCUT2D eigenvalue weighted by molar-refractivity contribution is -0.118. The summed E-state index contributed by atoms with van der Waals surface area (Å²) in [5.41, 5.74) is 5.66. The van der Waals surface area contributed by atoms with E-state index in [-0.39, 0.29) is 0 Å². The SMILES string of the molecule is CC(=O)CC1CCCCC1CN. The third-order valence-electron chi connectivity index (χ3n) is 2.92. The van der Waals surface area contributed by atoms with Gasteiger partial charge in [-0.3, -0.25) is 0 Å². The van der Waals surface area contributed by atoms with Crippen LogP contribution in [0.5, 0.6) is 0 Å². The summed E-state index contributed by atoms with van der Waals surface area (Å²) in [6.07, 6.45) is 5.78. The van der Waals surface area contributed by atoms with E-state index in [0.717, 1.165) is 13.0 Å². The number of ketones is 1. The van der Waals surface area contributed by atoms with Gasteiger partial charge in [0.2, 0.25) is 0 Å². The Labute approximate surface area is 74.5 Å². The number of hydrogen-bond acceptors (Lipinski definition) is 2. The summed E-state index contributed by atoms with van der Waals surface area (Å²) in [5, 5.41) is 0. The van der Waals surface area contributed by atoms with Gasteiger partial charge in [0.1, 0.15) is 5.78 Å². The van der Waals surface area contributed by atoms with Crippen molar-refractivity contribution >= 4 is 5.78 Å². The van der Waals surface area contributed by atoms with Crippen LogP contribution >= 0.6 is 0 Å². The van der Waals surface area contributed by atoms with Crippen molar-refractivity contribution in [2.45, 2.75) is 39.0 Å². The molecule has 0 spiro atoms. The van der Waals surface area contributed by atoms with E-state index < -0.39 is 0 Å². The predicted molar refractivity (Wildman–Crippen MR) is 49.8 cm³/mol. The quantitative estimate of drug-likeness (QED) is 0.699. The van der Waals surface area contributed by atoms with Gasteiger partial charge in [0.15, 0.2) is 0 Å². The summed E-state index contributed by atoms with van der Waals surface area (Å²) in [7, 11) is 0. The molecule has 2 heteroatoms. The van der Waals surface area contributed by atoms with Crippen LogP contribution in [-0.2, 0) is 4.79 Å². The molecule has 1 fully saturated rings. The number of carbonyl (C=O) groups is 1. The molecule has 2 nitrogen and oxygen atoms in total. The Morgan fingerprint density at radius 3 is 2.42 bits per heavy atom. The fraction of sp³-hybridized carbons (Fsp3) is 0.900. The fourth-order valence-corrected chi connectivity index (χ4v) is 2.23. The van der Waals surface area contributed by atoms with Crippen molar-refractivity contribution in [1.29, 1.82) is 0 Å². The molecular formula is C10H19NO. The standard InChI is InChI=1S/C10H19NO/c1-8(12)6-9-4-2-3-5-10(9)7-11/h9-10H,2-7,11H2,1H3. The van der Waals surface area contributed by atoms with Crippen LogP contribution in [0.1, 0.15) is 39.0 Å². The number of hydrogen-bond donors (Lipinski definition) is 1. The maximum Gasteiger partial charge on any atom is 0.130 e. The van der Waals surface area contributed by atoms with E-state index in [4.69, 9.17) is 5.73 Å². The molecule has 0 aromatic heterocycles. The number of nitrogens with two attached hydrogens (primary N) is 1. The molecule has 0 bridgehead atoms. The molecular weight excluding hydrogens is 150 g/mol. The van der Waals surface area contributed by atoms with Crippen LogP contribution in [0, 0.1) is 11.8 Å². The smallest absolute Gasteiger partial charge is 0.130 e. The molecule has 0 saturated heterocycles. The van der Waals surface area contributed by atoms with Crippen molar-refractivity contribution in [3.05, 3.63) is 0 Å². The molecule has 0 heterocycles. The Kier molecular flexibility index (Phi) is 3.73. The van der Waals surface area contributed by atoms with E-state index in [2.05, 4.69) is 0 Å². The maximum absolute atomic E-state index is 10.9. The first-order chi connectivity index (χ1) is 5.74. The van der Waals surface area contributed by atoms with Gasteiger partial charge in [0.25, 0.3) is 0 Å². The van der Waals surface area contributed by atoms with Crippen LogP contribution < -0.4 is 5.73 Å². The first-order valence-corrected chi connectivity index (χ1v) is 4.93. The van der Waals surface area contributed by atoms with Gasteiger partial charge in [-0.05, 0) is 38.1 Å². The van der Waals surface area contributed by atoms with Gasteiger partial charge in [-0.1, -0.05) is 12.8 Å². The fourth-order valence-electron chi connectivity index (χ4n) is 2.23. The lowest BCUT2D eigenvalue weighted by Gasteiger charge is -2.29. The van der Waals surface area contributed by atoms with Crippen LogP contribution in [0.4, 0.5) is 0 Å². The largest absolute Gasteiger partial charge is 0.330 e. The van der Waals surface area contributed by atoms with Crippen LogP contribution in [-0.4, -0.2) is 12.3 Å². The predicted octanol–water partition coefficient (Wildman–Crippen LogP) is 1.73. The Balaban J connectivity index is 2.41. The average molecular weight is 169 g/mol. The molecule has 2 atom stereocenters. The van der Waals surface area contributed by atoms with Crippen molar-refractivity contribution in [3.8, 4) is 0 Å². The highest BCUT2D eigenvalue weighted by Crippen LogP contribution is 2.31. The maximum atomic E-state index is 10.9. The zero-order valence-electron chi connectivity index (χ0n) is 7.88. The van der Waals surface area contributed by atoms with Gasteiger partial charge in [-0.2, -0.15) is 0 Å². The Morgan fingerprint density at radius 2 is 1.92 bits per heavy atom. The zero-order chi connectivity index (χ0) is 8.97. The Morgan fingerprint density at radius 1 is 1.33 bits per heavy atom. The van der Waals surface area contributed by atoms with Crippen molar-refractivity contribution in [2.75, 3.05) is 6.54 Å². The molecule has 12 heavy (non-hydrogen) atoms. The summed E-state index contributed by atoms with van der Waals surface area (Å²) < 4.78 is 0. The lowest BCUT2D eigenvalue weighted by atomic mass is 9.77. The van der Waals surface area contributed by atoms with Gasteiger partial charge < -0.3 is 10.5 Å². The topological polar surface area (TPSA) is 43.1 Å². The minimum Gasteiger partial charge on any atom is -0.330 e. The number of carbonyl (C=O) groups excluding carboxylic acids is 1. The van der Waals surface area contributed by atoms with Crippen LogP contribution in [0.3, 0.4) is 0 Å². The monoisotopic (exact) mass is 169 g/mol. The molecule has 2 unspecified atom stereocenters. The highest BCUT2D eigenvalue weighted by molar-refractivity contribution is 5.75. The molecule has 2 N–H and O–H groups in total. The Bertz CT molecular complexity index is 156. The summed E-state index contributed by atoms with van der Waals surface area (Å²) in [4.78, 5) is 10.9. The van der Waals surface area contributed by atoms with E-state index in [9.17, 15) is 4.79 Å². The third kappa shape index (κ3) is 2.59. The molecule has 0 aromatic rings. The first-order valence-electron chi connectivity index (χ1n) is 4.93. The van der Waals surface area contributed by atoms with Gasteiger partial charge in [0.05, 0.1) is 0 Å². The second-order valence-electron chi connectivity index (χ2n) is 3.95. The lowest BCUT2D eigenvalue weighted by Crippen LogP contribution is -2.27. The number of Topliss-reactive ketones (excluding diaryl/α,β-unsaturated/α-hetero) is 1. The first kappa shape index (κ1) is 9.72. The minimum absolute atomic E-state index is 0.320. The number of rotatable bonds is 3. The third-order valence-corrected chi connectivity index (χ3v) is 2.92. The van der Waals surface area contributed by atoms with Gasteiger partial charge >= 0.3 is 0 Å². The van der Waals surface area contributed by atoms with Crippen molar-refractivity contribution in [2.24, 2.45) is 17.6 Å². The van der Waals surface area contributed by atoms with Crippen LogP contribution in [0.15, 0.2) is 0 Å². The molecule has 1 aliphatic carbocycles. The van der Waals surface area contributed by atoms with Gasteiger partial charge in [0, 0.05) is 6.42 Å². The molecule has 1 aliphatic rings.